The van der Waals surface area contributed by atoms with Gasteiger partial charge in [-0.3, -0.25) is 14.5 Å². The second kappa shape index (κ2) is 9.54. The van der Waals surface area contributed by atoms with Crippen LogP contribution < -0.4 is 4.74 Å². The number of benzene rings is 1. The fourth-order valence-electron chi connectivity index (χ4n) is 4.15. The number of hydrogen-bond acceptors (Lipinski definition) is 7. The lowest BCUT2D eigenvalue weighted by Gasteiger charge is -2.28. The highest BCUT2D eigenvalue weighted by atomic mass is 19.1. The van der Waals surface area contributed by atoms with E-state index < -0.39 is 29.3 Å². The van der Waals surface area contributed by atoms with Gasteiger partial charge in [0.25, 0.3) is 11.7 Å². The molecule has 170 valence electrons. The highest BCUT2D eigenvalue weighted by Crippen LogP contribution is 2.41. The number of nitrogens with zero attached hydrogens (tertiary/aromatic N) is 2. The number of likely N-dealkylation sites (tertiary alicyclic amines) is 1. The number of ketones is 1. The Balaban J connectivity index is 1.67. The van der Waals surface area contributed by atoms with E-state index in [9.17, 15) is 19.1 Å². The first-order chi connectivity index (χ1) is 15.5. The van der Waals surface area contributed by atoms with E-state index in [4.69, 9.17) is 13.9 Å². The normalized spacial score (nSPS) is 21.3. The van der Waals surface area contributed by atoms with Crippen molar-refractivity contribution in [2.75, 3.05) is 46.5 Å². The predicted molar refractivity (Wildman–Crippen MR) is 113 cm³/mol. The number of hydrogen-bond donors (Lipinski definition) is 1. The summed E-state index contributed by atoms with van der Waals surface area (Å²) in [6.45, 7) is 4.03. The lowest BCUT2D eigenvalue weighted by Crippen LogP contribution is -2.38. The zero-order valence-corrected chi connectivity index (χ0v) is 17.8. The molecule has 1 aromatic carbocycles. The number of carbonyl (C=O) groups is 2. The van der Waals surface area contributed by atoms with Crippen LogP contribution in [0.25, 0.3) is 5.76 Å². The molecule has 0 spiro atoms. The standard InChI is InChI=1S/C23H25FN2O6/c1-30-17-6-5-15(24)14-16(17)21(27)19-20(18-4-2-11-32-18)26(23(29)22(19)28)8-3-7-25-9-12-31-13-10-25/h2,4-6,11,14,20,27H,3,7-10,12-13H2,1H3. The van der Waals surface area contributed by atoms with Crippen LogP contribution in [0.3, 0.4) is 0 Å². The van der Waals surface area contributed by atoms with Crippen LogP contribution in [0.5, 0.6) is 5.75 Å². The molecule has 9 heteroatoms. The van der Waals surface area contributed by atoms with E-state index in [1.54, 1.807) is 12.1 Å². The van der Waals surface area contributed by atoms with Crippen molar-refractivity contribution in [1.29, 1.82) is 0 Å². The summed E-state index contributed by atoms with van der Waals surface area (Å²) in [5.74, 6) is -2.17. The number of halogens is 1. The van der Waals surface area contributed by atoms with Gasteiger partial charge in [0, 0.05) is 26.2 Å². The van der Waals surface area contributed by atoms with Crippen LogP contribution >= 0.6 is 0 Å². The molecule has 0 aliphatic carbocycles. The summed E-state index contributed by atoms with van der Waals surface area (Å²) in [5, 5.41) is 11.0. The second-order valence-corrected chi connectivity index (χ2v) is 7.66. The van der Waals surface area contributed by atoms with Gasteiger partial charge in [-0.2, -0.15) is 0 Å². The number of carbonyl (C=O) groups excluding carboxylic acids is 2. The van der Waals surface area contributed by atoms with Gasteiger partial charge in [0.15, 0.2) is 0 Å². The summed E-state index contributed by atoms with van der Waals surface area (Å²) in [6, 6.07) is 5.98. The van der Waals surface area contributed by atoms with Crippen molar-refractivity contribution in [2.45, 2.75) is 12.5 Å². The Morgan fingerprint density at radius 1 is 1.22 bits per heavy atom. The first-order valence-corrected chi connectivity index (χ1v) is 10.5. The van der Waals surface area contributed by atoms with Crippen molar-refractivity contribution in [2.24, 2.45) is 0 Å². The monoisotopic (exact) mass is 444 g/mol. The zero-order chi connectivity index (χ0) is 22.7. The Kier molecular flexibility index (Phi) is 6.57. The number of ether oxygens (including phenoxy) is 2. The number of morpholine rings is 1. The molecule has 1 unspecified atom stereocenters. The van der Waals surface area contributed by atoms with Gasteiger partial charge in [0.2, 0.25) is 0 Å². The van der Waals surface area contributed by atoms with Crippen LogP contribution in [0.1, 0.15) is 23.8 Å². The molecule has 0 bridgehead atoms. The number of aliphatic hydroxyl groups is 1. The summed E-state index contributed by atoms with van der Waals surface area (Å²) in [7, 11) is 1.37. The maximum absolute atomic E-state index is 13.9. The highest BCUT2D eigenvalue weighted by Gasteiger charge is 2.47. The molecule has 4 rings (SSSR count). The first-order valence-electron chi connectivity index (χ1n) is 10.5. The van der Waals surface area contributed by atoms with Gasteiger partial charge in [-0.1, -0.05) is 0 Å². The average Bonchev–Trinajstić information content (AvgIpc) is 3.42. The van der Waals surface area contributed by atoms with E-state index in [0.29, 0.717) is 31.9 Å². The summed E-state index contributed by atoms with van der Waals surface area (Å²) in [4.78, 5) is 29.5. The summed E-state index contributed by atoms with van der Waals surface area (Å²) in [6.07, 6.45) is 2.07. The Hall–Kier alpha value is -3.17. The third-order valence-electron chi connectivity index (χ3n) is 5.75. The van der Waals surface area contributed by atoms with Gasteiger partial charge >= 0.3 is 0 Å². The van der Waals surface area contributed by atoms with Crippen molar-refractivity contribution in [3.8, 4) is 5.75 Å². The molecule has 2 fully saturated rings. The molecule has 1 aromatic heterocycles. The third kappa shape index (κ3) is 4.26. The topological polar surface area (TPSA) is 92.5 Å². The molecule has 2 aliphatic rings. The van der Waals surface area contributed by atoms with Gasteiger partial charge in [0.05, 0.1) is 37.7 Å². The van der Waals surface area contributed by atoms with Crippen LogP contribution in [0.4, 0.5) is 4.39 Å². The van der Waals surface area contributed by atoms with Gasteiger partial charge in [0.1, 0.15) is 29.1 Å². The molecule has 1 N–H and O–H groups in total. The minimum absolute atomic E-state index is 0.00428. The zero-order valence-electron chi connectivity index (χ0n) is 17.8. The number of Topliss-reactive ketones (excluding diaryl/α,β-unsaturated/α-hetero) is 1. The number of methoxy groups -OCH3 is 1. The Labute approximate surface area is 184 Å². The molecule has 32 heavy (non-hydrogen) atoms. The van der Waals surface area contributed by atoms with E-state index in [0.717, 1.165) is 25.7 Å². The van der Waals surface area contributed by atoms with E-state index in [1.165, 1.54) is 30.4 Å². The maximum atomic E-state index is 13.9. The van der Waals surface area contributed by atoms with Crippen LogP contribution in [0.15, 0.2) is 46.6 Å². The van der Waals surface area contributed by atoms with Crippen molar-refractivity contribution in [1.82, 2.24) is 9.80 Å². The van der Waals surface area contributed by atoms with Crippen LogP contribution in [-0.4, -0.2) is 73.1 Å². The van der Waals surface area contributed by atoms with Crippen LogP contribution in [-0.2, 0) is 14.3 Å². The fourth-order valence-corrected chi connectivity index (χ4v) is 4.15. The molecule has 3 heterocycles. The molecule has 2 saturated heterocycles. The number of aliphatic hydroxyl groups excluding tert-OH is 1. The van der Waals surface area contributed by atoms with Gasteiger partial charge in [-0.05, 0) is 36.8 Å². The number of rotatable bonds is 7. The van der Waals surface area contributed by atoms with E-state index in [-0.39, 0.29) is 16.9 Å². The van der Waals surface area contributed by atoms with E-state index >= 15 is 0 Å². The van der Waals surface area contributed by atoms with E-state index in [2.05, 4.69) is 4.90 Å². The summed E-state index contributed by atoms with van der Waals surface area (Å²) < 4.78 is 30.0. The van der Waals surface area contributed by atoms with Gasteiger partial charge in [-0.25, -0.2) is 4.39 Å². The SMILES string of the molecule is COc1ccc(F)cc1C(O)=C1C(=O)C(=O)N(CCCN2CCOCC2)C1c1ccco1. The van der Waals surface area contributed by atoms with Crippen molar-refractivity contribution in [3.05, 3.63) is 59.3 Å². The second-order valence-electron chi connectivity index (χ2n) is 7.66. The van der Waals surface area contributed by atoms with Crippen LogP contribution in [0.2, 0.25) is 0 Å². The molecule has 0 saturated carbocycles. The molecule has 2 aliphatic heterocycles. The quantitative estimate of drug-likeness (QED) is 0.399. The fraction of sp³-hybridized carbons (Fsp3) is 0.391. The summed E-state index contributed by atoms with van der Waals surface area (Å²) >= 11 is 0. The lowest BCUT2D eigenvalue weighted by molar-refractivity contribution is -0.140. The molecule has 1 atom stereocenters. The average molecular weight is 444 g/mol. The summed E-state index contributed by atoms with van der Waals surface area (Å²) in [5.41, 5.74) is -0.157. The lowest BCUT2D eigenvalue weighted by atomic mass is 9.98. The largest absolute Gasteiger partial charge is 0.507 e. The van der Waals surface area contributed by atoms with Crippen LogP contribution in [0, 0.1) is 5.82 Å². The maximum Gasteiger partial charge on any atom is 0.295 e. The smallest absolute Gasteiger partial charge is 0.295 e. The molecular weight excluding hydrogens is 419 g/mol. The molecule has 0 radical (unpaired) electrons. The third-order valence-corrected chi connectivity index (χ3v) is 5.75. The van der Waals surface area contributed by atoms with Crippen molar-refractivity contribution >= 4 is 17.4 Å². The van der Waals surface area contributed by atoms with Gasteiger partial charge in [-0.15, -0.1) is 0 Å². The highest BCUT2D eigenvalue weighted by molar-refractivity contribution is 6.46. The Bertz CT molecular complexity index is 1010. The van der Waals surface area contributed by atoms with E-state index in [1.807, 2.05) is 0 Å². The van der Waals surface area contributed by atoms with Crippen molar-refractivity contribution < 1.29 is 33.0 Å². The van der Waals surface area contributed by atoms with Gasteiger partial charge < -0.3 is 23.9 Å². The molecular formula is C23H25FN2O6. The van der Waals surface area contributed by atoms with Crippen molar-refractivity contribution in [3.63, 3.8) is 0 Å². The Morgan fingerprint density at radius 2 is 2.00 bits per heavy atom. The first kappa shape index (κ1) is 22.0. The predicted octanol–water partition coefficient (Wildman–Crippen LogP) is 2.57. The number of furan rings is 1. The molecule has 1 amide bonds. The Morgan fingerprint density at radius 3 is 2.69 bits per heavy atom. The molecule has 8 nitrogen and oxygen atoms in total. The molecule has 2 aromatic rings. The minimum atomic E-state index is -0.914. The number of amides is 1. The minimum Gasteiger partial charge on any atom is -0.507 e.